The largest absolute Gasteiger partial charge is 0.241 e. The van der Waals surface area contributed by atoms with E-state index in [1.54, 1.807) is 33.1 Å². The molecule has 0 fully saturated rings. The van der Waals surface area contributed by atoms with Crippen molar-refractivity contribution in [2.45, 2.75) is 18.2 Å². The van der Waals surface area contributed by atoms with Gasteiger partial charge in [0.15, 0.2) is 4.34 Å². The first-order valence-electron chi connectivity index (χ1n) is 5.28. The van der Waals surface area contributed by atoms with Gasteiger partial charge in [-0.05, 0) is 33.9 Å². The van der Waals surface area contributed by atoms with Gasteiger partial charge in [0.05, 0.1) is 10.2 Å². The molecule has 2 rings (SSSR count). The molecule has 2 aromatic rings. The zero-order chi connectivity index (χ0) is 11.4. The number of aromatic nitrogens is 1. The molecule has 0 unspecified atom stereocenters. The van der Waals surface area contributed by atoms with Gasteiger partial charge in [-0.25, -0.2) is 9.29 Å². The Morgan fingerprint density at radius 3 is 2.69 bits per heavy atom. The summed E-state index contributed by atoms with van der Waals surface area (Å²) in [7, 11) is 3.54. The van der Waals surface area contributed by atoms with Gasteiger partial charge in [0.2, 0.25) is 0 Å². The fourth-order valence-electron chi connectivity index (χ4n) is 1.30. The topological polar surface area (TPSA) is 16.1 Å². The predicted octanol–water partition coefficient (Wildman–Crippen LogP) is 4.29. The van der Waals surface area contributed by atoms with E-state index in [0.29, 0.717) is 0 Å². The van der Waals surface area contributed by atoms with Gasteiger partial charge in [-0.1, -0.05) is 26.0 Å². The Balaban J connectivity index is 2.04. The summed E-state index contributed by atoms with van der Waals surface area (Å²) in [5, 5.41) is 0. The van der Waals surface area contributed by atoms with Gasteiger partial charge in [-0.15, -0.1) is 11.3 Å². The van der Waals surface area contributed by atoms with Gasteiger partial charge < -0.3 is 0 Å². The van der Waals surface area contributed by atoms with E-state index >= 15 is 0 Å². The number of thiazole rings is 1. The lowest BCUT2D eigenvalue weighted by molar-refractivity contribution is 0.530. The molecule has 0 aliphatic heterocycles. The van der Waals surface area contributed by atoms with E-state index in [1.165, 1.54) is 4.70 Å². The minimum Gasteiger partial charge on any atom is -0.241 e. The van der Waals surface area contributed by atoms with Crippen molar-refractivity contribution in [1.29, 1.82) is 0 Å². The van der Waals surface area contributed by atoms with Crippen molar-refractivity contribution in [2.75, 3.05) is 13.1 Å². The zero-order valence-electron chi connectivity index (χ0n) is 9.34. The Labute approximate surface area is 108 Å². The first-order chi connectivity index (χ1) is 7.83. The summed E-state index contributed by atoms with van der Waals surface area (Å²) in [5.41, 5.74) is 1.11. The average Bonchev–Trinajstić information content (AvgIpc) is 2.73. The molecule has 0 amide bonds. The molecule has 0 saturated heterocycles. The summed E-state index contributed by atoms with van der Waals surface area (Å²) >= 11 is 1.76. The number of hydrogen-bond donors (Lipinski definition) is 0. The number of fused-ring (bicyclic) bond motifs is 1. The van der Waals surface area contributed by atoms with Crippen LogP contribution in [-0.4, -0.2) is 22.4 Å². The molecule has 1 aromatic carbocycles. The van der Waals surface area contributed by atoms with E-state index in [-0.39, 0.29) is 0 Å². The first-order valence-corrected chi connectivity index (χ1v) is 8.21. The van der Waals surface area contributed by atoms with Crippen LogP contribution in [0.25, 0.3) is 10.2 Å². The van der Waals surface area contributed by atoms with Gasteiger partial charge in [0.1, 0.15) is 0 Å². The standard InChI is InChI=1S/C11H14N2S3/c1-3-13(4-2)16-15-11-12-9-7-5-6-8-10(9)14-11/h5-8H,3-4H2,1-2H3. The van der Waals surface area contributed by atoms with E-state index in [4.69, 9.17) is 0 Å². The maximum absolute atomic E-state index is 4.59. The summed E-state index contributed by atoms with van der Waals surface area (Å²) < 4.78 is 4.72. The Hall–Kier alpha value is -0.230. The van der Waals surface area contributed by atoms with E-state index in [2.05, 4.69) is 41.3 Å². The molecule has 0 aliphatic rings. The molecule has 0 saturated carbocycles. The van der Waals surface area contributed by atoms with Crippen molar-refractivity contribution >= 4 is 43.3 Å². The Bertz CT molecular complexity index is 418. The van der Waals surface area contributed by atoms with Crippen LogP contribution in [0, 0.1) is 0 Å². The van der Waals surface area contributed by atoms with Crippen LogP contribution in [-0.2, 0) is 0 Å². The second-order valence-corrected chi connectivity index (χ2v) is 6.67. The fourth-order valence-corrected chi connectivity index (χ4v) is 4.75. The van der Waals surface area contributed by atoms with E-state index in [9.17, 15) is 0 Å². The highest BCUT2D eigenvalue weighted by Gasteiger charge is 2.06. The SMILES string of the molecule is CCN(CC)SSc1nc2ccccc2s1. The predicted molar refractivity (Wildman–Crippen MR) is 76.0 cm³/mol. The highest BCUT2D eigenvalue weighted by atomic mass is 33.1. The van der Waals surface area contributed by atoms with Crippen LogP contribution < -0.4 is 0 Å². The molecule has 86 valence electrons. The van der Waals surface area contributed by atoms with Crippen LogP contribution in [0.15, 0.2) is 28.6 Å². The van der Waals surface area contributed by atoms with Crippen molar-refractivity contribution in [2.24, 2.45) is 0 Å². The average molecular weight is 270 g/mol. The molecule has 0 radical (unpaired) electrons. The Morgan fingerprint density at radius 1 is 1.25 bits per heavy atom. The molecule has 1 aromatic heterocycles. The van der Waals surface area contributed by atoms with Crippen LogP contribution >= 0.6 is 33.1 Å². The summed E-state index contributed by atoms with van der Waals surface area (Å²) in [6.45, 7) is 6.49. The third kappa shape index (κ3) is 2.91. The van der Waals surface area contributed by atoms with Gasteiger partial charge in [0, 0.05) is 13.1 Å². The molecule has 0 atom stereocenters. The highest BCUT2D eigenvalue weighted by Crippen LogP contribution is 2.38. The lowest BCUT2D eigenvalue weighted by Crippen LogP contribution is -2.11. The minimum absolute atomic E-state index is 1.07. The van der Waals surface area contributed by atoms with Crippen molar-refractivity contribution in [3.05, 3.63) is 24.3 Å². The molecule has 0 spiro atoms. The smallest absolute Gasteiger partial charge is 0.162 e. The quantitative estimate of drug-likeness (QED) is 0.594. The van der Waals surface area contributed by atoms with Crippen molar-refractivity contribution in [3.8, 4) is 0 Å². The van der Waals surface area contributed by atoms with Gasteiger partial charge >= 0.3 is 0 Å². The van der Waals surface area contributed by atoms with Crippen molar-refractivity contribution in [1.82, 2.24) is 9.29 Å². The van der Waals surface area contributed by atoms with Crippen LogP contribution in [0.2, 0.25) is 0 Å². The maximum Gasteiger partial charge on any atom is 0.162 e. The maximum atomic E-state index is 4.59. The highest BCUT2D eigenvalue weighted by molar-refractivity contribution is 8.76. The van der Waals surface area contributed by atoms with Gasteiger partial charge in [-0.3, -0.25) is 0 Å². The van der Waals surface area contributed by atoms with E-state index < -0.39 is 0 Å². The summed E-state index contributed by atoms with van der Waals surface area (Å²) in [5.74, 6) is 0. The van der Waals surface area contributed by atoms with Crippen molar-refractivity contribution in [3.63, 3.8) is 0 Å². The fraction of sp³-hybridized carbons (Fsp3) is 0.364. The monoisotopic (exact) mass is 270 g/mol. The first kappa shape index (κ1) is 12.2. The van der Waals surface area contributed by atoms with Crippen molar-refractivity contribution < 1.29 is 0 Å². The Kier molecular flexibility index (Phi) is 4.52. The number of para-hydroxylation sites is 1. The number of benzene rings is 1. The molecular formula is C11H14N2S3. The van der Waals surface area contributed by atoms with Crippen LogP contribution in [0.1, 0.15) is 13.8 Å². The van der Waals surface area contributed by atoms with Gasteiger partial charge in [0.25, 0.3) is 0 Å². The normalized spacial score (nSPS) is 11.4. The number of rotatable bonds is 5. The molecule has 0 bridgehead atoms. The van der Waals surface area contributed by atoms with Crippen LogP contribution in [0.5, 0.6) is 0 Å². The molecule has 2 nitrogen and oxygen atoms in total. The lowest BCUT2D eigenvalue weighted by atomic mass is 10.3. The minimum atomic E-state index is 1.07. The summed E-state index contributed by atoms with van der Waals surface area (Å²) in [4.78, 5) is 4.59. The second kappa shape index (κ2) is 5.91. The third-order valence-electron chi connectivity index (χ3n) is 2.19. The molecule has 5 heteroatoms. The van der Waals surface area contributed by atoms with Crippen LogP contribution in [0.3, 0.4) is 0 Å². The van der Waals surface area contributed by atoms with Crippen LogP contribution in [0.4, 0.5) is 0 Å². The number of hydrogen-bond acceptors (Lipinski definition) is 5. The molecule has 16 heavy (non-hydrogen) atoms. The summed E-state index contributed by atoms with van der Waals surface area (Å²) in [6.07, 6.45) is 0. The second-order valence-electron chi connectivity index (χ2n) is 3.22. The third-order valence-corrected chi connectivity index (χ3v) is 6.21. The molecule has 0 N–H and O–H groups in total. The van der Waals surface area contributed by atoms with E-state index in [1.807, 2.05) is 6.07 Å². The molecule has 0 aliphatic carbocycles. The summed E-state index contributed by atoms with van der Waals surface area (Å²) in [6, 6.07) is 8.29. The lowest BCUT2D eigenvalue weighted by Gasteiger charge is -2.13. The molecule has 1 heterocycles. The van der Waals surface area contributed by atoms with E-state index in [0.717, 1.165) is 22.9 Å². The Morgan fingerprint density at radius 2 is 2.00 bits per heavy atom. The molecular weight excluding hydrogens is 256 g/mol. The number of nitrogens with zero attached hydrogens (tertiary/aromatic N) is 2. The zero-order valence-corrected chi connectivity index (χ0v) is 11.8. The van der Waals surface area contributed by atoms with Gasteiger partial charge in [-0.2, -0.15) is 0 Å².